The van der Waals surface area contributed by atoms with E-state index in [1.165, 1.54) is 0 Å². The molecule has 0 unspecified atom stereocenters. The number of fused-ring (bicyclic) bond motifs is 2. The Morgan fingerprint density at radius 1 is 1.14 bits per heavy atom. The Morgan fingerprint density at radius 3 is 2.73 bits per heavy atom. The molecule has 0 aliphatic heterocycles. The minimum absolute atomic E-state index is 0.0593. The Kier molecular flexibility index (Phi) is 2.53. The number of aryl methyl sites for hydroxylation is 1. The van der Waals surface area contributed by atoms with Gasteiger partial charge < -0.3 is 14.7 Å². The number of aromatic nitrogens is 4. The second-order valence-corrected chi connectivity index (χ2v) is 5.06. The lowest BCUT2D eigenvalue weighted by atomic mass is 10.2. The van der Waals surface area contributed by atoms with Gasteiger partial charge in [0, 0.05) is 13.2 Å². The Morgan fingerprint density at radius 2 is 1.91 bits per heavy atom. The van der Waals surface area contributed by atoms with Crippen LogP contribution in [0.15, 0.2) is 47.4 Å². The predicted molar refractivity (Wildman–Crippen MR) is 83.7 cm³/mol. The smallest absolute Gasteiger partial charge is 0.259 e. The number of para-hydroxylation sites is 1. The molecule has 0 saturated carbocycles. The summed E-state index contributed by atoms with van der Waals surface area (Å²) in [6, 6.07) is 10.6. The maximum Gasteiger partial charge on any atom is 0.259 e. The summed E-state index contributed by atoms with van der Waals surface area (Å²) in [5.41, 5.74) is 1.42. The molecule has 3 heterocycles. The number of hydrogen-bond donors (Lipinski definition) is 2. The fourth-order valence-corrected chi connectivity index (χ4v) is 2.71. The number of nitrogens with zero attached hydrogens (tertiary/aromatic N) is 3. The van der Waals surface area contributed by atoms with E-state index in [4.69, 9.17) is 0 Å². The number of pyridine rings is 1. The number of aromatic amines is 1. The Labute approximate surface area is 124 Å². The maximum atomic E-state index is 12.2. The minimum atomic E-state index is -0.238. The molecule has 0 aliphatic carbocycles. The van der Waals surface area contributed by atoms with Crippen LogP contribution in [0.3, 0.4) is 0 Å². The Balaban J connectivity index is 2.10. The van der Waals surface area contributed by atoms with Crippen LogP contribution in [0.25, 0.3) is 33.5 Å². The molecule has 0 bridgehead atoms. The van der Waals surface area contributed by atoms with E-state index >= 15 is 0 Å². The molecule has 6 nitrogen and oxygen atoms in total. The van der Waals surface area contributed by atoms with E-state index in [0.717, 1.165) is 0 Å². The third kappa shape index (κ3) is 1.64. The molecule has 0 saturated heterocycles. The van der Waals surface area contributed by atoms with Crippen molar-refractivity contribution in [3.63, 3.8) is 0 Å². The van der Waals surface area contributed by atoms with Crippen LogP contribution in [-0.2, 0) is 7.05 Å². The van der Waals surface area contributed by atoms with Crippen LogP contribution in [0.4, 0.5) is 0 Å². The van der Waals surface area contributed by atoms with Crippen LogP contribution < -0.4 is 5.56 Å². The van der Waals surface area contributed by atoms with Crippen molar-refractivity contribution >= 4 is 21.9 Å². The molecule has 0 fully saturated rings. The first kappa shape index (κ1) is 12.6. The first-order valence-electron chi connectivity index (χ1n) is 6.78. The largest absolute Gasteiger partial charge is 0.505 e. The molecule has 108 valence electrons. The topological polar surface area (TPSA) is 83.8 Å². The molecule has 4 rings (SSSR count). The quantitative estimate of drug-likeness (QED) is 0.563. The van der Waals surface area contributed by atoms with Crippen molar-refractivity contribution < 1.29 is 5.11 Å². The summed E-state index contributed by atoms with van der Waals surface area (Å²) in [5, 5.41) is 11.6. The lowest BCUT2D eigenvalue weighted by molar-refractivity contribution is 0.481. The molecule has 6 heteroatoms. The average molecular weight is 292 g/mol. The van der Waals surface area contributed by atoms with E-state index < -0.39 is 0 Å². The molecule has 4 aromatic rings. The molecule has 2 N–H and O–H groups in total. The number of benzene rings is 1. The molecule has 0 aliphatic rings. The van der Waals surface area contributed by atoms with Gasteiger partial charge in [-0.1, -0.05) is 12.1 Å². The zero-order valence-electron chi connectivity index (χ0n) is 11.7. The summed E-state index contributed by atoms with van der Waals surface area (Å²) in [6.07, 6.45) is 1.65. The van der Waals surface area contributed by atoms with Gasteiger partial charge in [0.25, 0.3) is 5.56 Å². The second-order valence-electron chi connectivity index (χ2n) is 5.06. The maximum absolute atomic E-state index is 12.2. The van der Waals surface area contributed by atoms with Gasteiger partial charge in [0.1, 0.15) is 11.3 Å². The van der Waals surface area contributed by atoms with Crippen molar-refractivity contribution in [1.82, 2.24) is 19.5 Å². The minimum Gasteiger partial charge on any atom is -0.505 e. The van der Waals surface area contributed by atoms with Crippen molar-refractivity contribution in [2.45, 2.75) is 0 Å². The van der Waals surface area contributed by atoms with Gasteiger partial charge in [0.15, 0.2) is 11.6 Å². The van der Waals surface area contributed by atoms with E-state index in [2.05, 4.69) is 15.0 Å². The summed E-state index contributed by atoms with van der Waals surface area (Å²) in [7, 11) is 1.78. The molecule has 0 atom stereocenters. The number of hydrogen-bond acceptors (Lipinski definition) is 4. The zero-order chi connectivity index (χ0) is 15.3. The molecule has 0 amide bonds. The van der Waals surface area contributed by atoms with E-state index in [1.807, 2.05) is 6.07 Å². The zero-order valence-corrected chi connectivity index (χ0v) is 11.7. The fourth-order valence-electron chi connectivity index (χ4n) is 2.71. The van der Waals surface area contributed by atoms with Gasteiger partial charge in [0.05, 0.1) is 16.3 Å². The number of H-pyrrole nitrogens is 1. The highest BCUT2D eigenvalue weighted by Crippen LogP contribution is 2.35. The van der Waals surface area contributed by atoms with E-state index in [1.54, 1.807) is 48.1 Å². The highest BCUT2D eigenvalue weighted by molar-refractivity contribution is 5.92. The van der Waals surface area contributed by atoms with Gasteiger partial charge in [-0.15, -0.1) is 0 Å². The summed E-state index contributed by atoms with van der Waals surface area (Å²) in [6.45, 7) is 0. The van der Waals surface area contributed by atoms with Crippen molar-refractivity contribution in [1.29, 1.82) is 0 Å². The SMILES string of the molecule is Cn1c(-c2nc3ccccc3c(=O)[nH]2)c(O)c2cccnc21. The molecule has 22 heavy (non-hydrogen) atoms. The molecule has 0 radical (unpaired) electrons. The van der Waals surface area contributed by atoms with Crippen LogP contribution >= 0.6 is 0 Å². The first-order chi connectivity index (χ1) is 10.7. The van der Waals surface area contributed by atoms with E-state index in [0.29, 0.717) is 33.5 Å². The van der Waals surface area contributed by atoms with Crippen molar-refractivity contribution in [2.24, 2.45) is 7.05 Å². The number of nitrogens with one attached hydrogen (secondary N) is 1. The normalized spacial score (nSPS) is 11.3. The molecule has 3 aromatic heterocycles. The average Bonchev–Trinajstić information content (AvgIpc) is 2.79. The van der Waals surface area contributed by atoms with Gasteiger partial charge in [-0.2, -0.15) is 0 Å². The summed E-state index contributed by atoms with van der Waals surface area (Å²) >= 11 is 0. The monoisotopic (exact) mass is 292 g/mol. The summed E-state index contributed by atoms with van der Waals surface area (Å²) in [4.78, 5) is 23.7. The highest BCUT2D eigenvalue weighted by Gasteiger charge is 2.19. The van der Waals surface area contributed by atoms with E-state index in [-0.39, 0.29) is 11.3 Å². The van der Waals surface area contributed by atoms with Crippen molar-refractivity contribution in [2.75, 3.05) is 0 Å². The van der Waals surface area contributed by atoms with Gasteiger partial charge >= 0.3 is 0 Å². The van der Waals surface area contributed by atoms with Crippen molar-refractivity contribution in [3.8, 4) is 17.3 Å². The summed E-state index contributed by atoms with van der Waals surface area (Å²) < 4.78 is 1.72. The first-order valence-corrected chi connectivity index (χ1v) is 6.78. The van der Waals surface area contributed by atoms with Gasteiger partial charge in [-0.05, 0) is 24.3 Å². The third-order valence-corrected chi connectivity index (χ3v) is 3.76. The molecular weight excluding hydrogens is 280 g/mol. The molecule has 0 spiro atoms. The van der Waals surface area contributed by atoms with E-state index in [9.17, 15) is 9.90 Å². The molecule has 1 aromatic carbocycles. The van der Waals surface area contributed by atoms with Gasteiger partial charge in [0.2, 0.25) is 0 Å². The van der Waals surface area contributed by atoms with Crippen LogP contribution in [0, 0.1) is 0 Å². The fraction of sp³-hybridized carbons (Fsp3) is 0.0625. The van der Waals surface area contributed by atoms with Crippen molar-refractivity contribution in [3.05, 3.63) is 52.9 Å². The lowest BCUT2D eigenvalue weighted by Crippen LogP contribution is -2.10. The van der Waals surface area contributed by atoms with Crippen LogP contribution in [0.5, 0.6) is 5.75 Å². The summed E-state index contributed by atoms with van der Waals surface area (Å²) in [5.74, 6) is 0.380. The predicted octanol–water partition coefficient (Wildman–Crippen LogP) is 2.18. The molecular formula is C16H12N4O2. The van der Waals surface area contributed by atoms with Crippen LogP contribution in [-0.4, -0.2) is 24.6 Å². The Hall–Kier alpha value is -3.15. The second kappa shape index (κ2) is 4.42. The van der Waals surface area contributed by atoms with Crippen LogP contribution in [0.1, 0.15) is 0 Å². The highest BCUT2D eigenvalue weighted by atomic mass is 16.3. The lowest BCUT2D eigenvalue weighted by Gasteiger charge is -2.05. The van der Waals surface area contributed by atoms with Gasteiger partial charge in [-0.25, -0.2) is 9.97 Å². The number of aromatic hydroxyl groups is 1. The standard InChI is InChI=1S/C16H12N4O2/c1-20-12(13(21)10-6-4-8-17-15(10)20)14-18-11-7-3-2-5-9(11)16(22)19-14/h2-8,21H,1H3,(H,18,19,22). The van der Waals surface area contributed by atoms with Crippen LogP contribution in [0.2, 0.25) is 0 Å². The Bertz CT molecular complexity index is 1040. The third-order valence-electron chi connectivity index (χ3n) is 3.76. The van der Waals surface area contributed by atoms with Gasteiger partial charge in [-0.3, -0.25) is 4.79 Å². The number of rotatable bonds is 1.